The molecule has 0 aliphatic rings. The third-order valence-corrected chi connectivity index (χ3v) is 1.42. The minimum absolute atomic E-state index is 0.245. The van der Waals surface area contributed by atoms with Gasteiger partial charge in [0.2, 0.25) is 0 Å². The first-order valence-electron chi connectivity index (χ1n) is 3.19. The summed E-state index contributed by atoms with van der Waals surface area (Å²) in [5.41, 5.74) is 3.55. The van der Waals surface area contributed by atoms with E-state index in [0.29, 0.717) is 5.69 Å². The van der Waals surface area contributed by atoms with E-state index in [0.717, 1.165) is 0 Å². The molecule has 0 saturated carbocycles. The van der Waals surface area contributed by atoms with Gasteiger partial charge < -0.3 is 10.5 Å². The summed E-state index contributed by atoms with van der Waals surface area (Å²) in [4.78, 5) is 12.6. The third-order valence-electron chi connectivity index (χ3n) is 1.32. The second kappa shape index (κ2) is 3.94. The van der Waals surface area contributed by atoms with Crippen LogP contribution in [0.2, 0.25) is 0 Å². The summed E-state index contributed by atoms with van der Waals surface area (Å²) in [5, 5.41) is 8.54. The van der Waals surface area contributed by atoms with Gasteiger partial charge in [-0.3, -0.25) is 0 Å². The van der Waals surface area contributed by atoms with E-state index in [1.165, 1.54) is 12.1 Å². The lowest BCUT2D eigenvalue weighted by Gasteiger charge is -2.01. The highest BCUT2D eigenvalue weighted by molar-refractivity contribution is 6.13. The molecule has 12 heavy (non-hydrogen) atoms. The number of carboxylic acid groups (broad SMARTS) is 1. The molecular formula is C7H7ClN2O2. The van der Waals surface area contributed by atoms with E-state index >= 15 is 0 Å². The van der Waals surface area contributed by atoms with Gasteiger partial charge in [-0.15, -0.1) is 4.94 Å². The Kier molecular flexibility index (Phi) is 2.90. The van der Waals surface area contributed by atoms with Crippen molar-refractivity contribution in [1.29, 1.82) is 0 Å². The van der Waals surface area contributed by atoms with Crippen molar-refractivity contribution in [3.05, 3.63) is 29.8 Å². The normalized spacial score (nSPS) is 9.42. The number of rotatable bonds is 3. The third kappa shape index (κ3) is 2.11. The molecule has 64 valence electrons. The first-order valence-corrected chi connectivity index (χ1v) is 3.57. The fraction of sp³-hybridized carbons (Fsp3) is 0. The number of hydrogen-bond acceptors (Lipinski definition) is 3. The predicted molar refractivity (Wildman–Crippen MR) is 46.0 cm³/mol. The molecule has 0 heterocycles. The number of anilines is 1. The summed E-state index contributed by atoms with van der Waals surface area (Å²) in [6.45, 7) is 0. The number of carbonyl (C=O) groups is 1. The van der Waals surface area contributed by atoms with E-state index in [1.807, 2.05) is 0 Å². The minimum Gasteiger partial charge on any atom is -0.478 e. The van der Waals surface area contributed by atoms with Crippen LogP contribution in [0.25, 0.3) is 0 Å². The van der Waals surface area contributed by atoms with Gasteiger partial charge in [0.25, 0.3) is 0 Å². The summed E-state index contributed by atoms with van der Waals surface area (Å²) in [6.07, 6.45) is 0. The molecule has 0 atom stereocenters. The van der Waals surface area contributed by atoms with Crippen molar-refractivity contribution in [2.24, 2.45) is 0 Å². The van der Waals surface area contributed by atoms with Gasteiger partial charge in [-0.05, 0) is 36.0 Å². The molecule has 0 fully saturated rings. The molecule has 1 aromatic carbocycles. The van der Waals surface area contributed by atoms with Crippen LogP contribution in [0.5, 0.6) is 0 Å². The summed E-state index contributed by atoms with van der Waals surface area (Å²) in [5.74, 6) is -0.944. The van der Waals surface area contributed by atoms with Crippen LogP contribution in [-0.2, 0) is 0 Å². The van der Waals surface area contributed by atoms with Crippen molar-refractivity contribution >= 4 is 23.4 Å². The molecule has 0 aliphatic carbocycles. The molecule has 0 aromatic heterocycles. The van der Waals surface area contributed by atoms with Crippen LogP contribution in [0, 0.1) is 0 Å². The quantitative estimate of drug-likeness (QED) is 0.494. The standard InChI is InChI=1S/C7H7ClN2O2/c8-10-9-6-3-1-5(2-4-6)7(11)12/h1-4,9-10H,(H,11,12). The van der Waals surface area contributed by atoms with Gasteiger partial charge in [0, 0.05) is 0 Å². The van der Waals surface area contributed by atoms with Crippen molar-refractivity contribution in [3.8, 4) is 0 Å². The van der Waals surface area contributed by atoms with Gasteiger partial charge in [-0.25, -0.2) is 4.79 Å². The second-order valence-corrected chi connectivity index (χ2v) is 2.29. The zero-order valence-electron chi connectivity index (χ0n) is 6.04. The van der Waals surface area contributed by atoms with Crippen LogP contribution in [0.4, 0.5) is 5.69 Å². The topological polar surface area (TPSA) is 61.4 Å². The maximum Gasteiger partial charge on any atom is 0.335 e. The average molecular weight is 187 g/mol. The van der Waals surface area contributed by atoms with Gasteiger partial charge in [0.1, 0.15) is 0 Å². The number of aromatic carboxylic acids is 1. The van der Waals surface area contributed by atoms with Crippen LogP contribution in [0.1, 0.15) is 10.4 Å². The van der Waals surface area contributed by atoms with Crippen LogP contribution < -0.4 is 10.4 Å². The Balaban J connectivity index is 2.78. The van der Waals surface area contributed by atoms with Gasteiger partial charge in [-0.1, -0.05) is 0 Å². The summed E-state index contributed by atoms with van der Waals surface area (Å²) < 4.78 is 0. The van der Waals surface area contributed by atoms with E-state index in [2.05, 4.69) is 10.4 Å². The van der Waals surface area contributed by atoms with E-state index < -0.39 is 5.97 Å². The molecule has 0 bridgehead atoms. The molecule has 0 unspecified atom stereocenters. The van der Waals surface area contributed by atoms with E-state index in [1.54, 1.807) is 12.1 Å². The van der Waals surface area contributed by atoms with E-state index in [-0.39, 0.29) is 5.56 Å². The lowest BCUT2D eigenvalue weighted by atomic mass is 10.2. The van der Waals surface area contributed by atoms with Crippen LogP contribution in [-0.4, -0.2) is 11.1 Å². The highest BCUT2D eigenvalue weighted by atomic mass is 35.5. The molecule has 5 heteroatoms. The van der Waals surface area contributed by atoms with Crippen molar-refractivity contribution < 1.29 is 9.90 Å². The molecule has 4 nitrogen and oxygen atoms in total. The van der Waals surface area contributed by atoms with E-state index in [9.17, 15) is 4.79 Å². The molecule has 1 aromatic rings. The Morgan fingerprint density at radius 2 is 1.92 bits per heavy atom. The Bertz CT molecular complexity index is 273. The Morgan fingerprint density at radius 1 is 1.33 bits per heavy atom. The summed E-state index contributed by atoms with van der Waals surface area (Å²) >= 11 is 5.16. The second-order valence-electron chi connectivity index (χ2n) is 2.10. The maximum atomic E-state index is 10.4. The summed E-state index contributed by atoms with van der Waals surface area (Å²) in [6, 6.07) is 6.19. The molecule has 3 N–H and O–H groups in total. The number of benzene rings is 1. The van der Waals surface area contributed by atoms with Crippen LogP contribution in [0.3, 0.4) is 0 Å². The Labute approximate surface area is 74.2 Å². The van der Waals surface area contributed by atoms with Crippen LogP contribution >= 0.6 is 11.8 Å². The van der Waals surface area contributed by atoms with Crippen LogP contribution in [0.15, 0.2) is 24.3 Å². The molecule has 0 spiro atoms. The first kappa shape index (κ1) is 8.83. The van der Waals surface area contributed by atoms with Crippen molar-refractivity contribution in [2.45, 2.75) is 0 Å². The molecule has 0 amide bonds. The van der Waals surface area contributed by atoms with Crippen molar-refractivity contribution in [3.63, 3.8) is 0 Å². The zero-order valence-corrected chi connectivity index (χ0v) is 6.80. The average Bonchev–Trinajstić information content (AvgIpc) is 2.06. The zero-order chi connectivity index (χ0) is 8.97. The summed E-state index contributed by atoms with van der Waals surface area (Å²) in [7, 11) is 0. The van der Waals surface area contributed by atoms with E-state index in [4.69, 9.17) is 16.9 Å². The van der Waals surface area contributed by atoms with Gasteiger partial charge >= 0.3 is 5.97 Å². The lowest BCUT2D eigenvalue weighted by molar-refractivity contribution is 0.0697. The number of hydrogen-bond donors (Lipinski definition) is 3. The Morgan fingerprint density at radius 3 is 2.33 bits per heavy atom. The molecular weight excluding hydrogens is 180 g/mol. The molecule has 0 saturated heterocycles. The number of carboxylic acids is 1. The fourth-order valence-electron chi connectivity index (χ4n) is 0.751. The molecule has 0 radical (unpaired) electrons. The number of nitrogens with one attached hydrogen (secondary N) is 2. The Hall–Kier alpha value is -1.26. The smallest absolute Gasteiger partial charge is 0.335 e. The first-order chi connectivity index (χ1) is 5.74. The number of halogens is 1. The lowest BCUT2D eigenvalue weighted by Crippen LogP contribution is -2.08. The van der Waals surface area contributed by atoms with Gasteiger partial charge in [-0.2, -0.15) is 0 Å². The molecule has 0 aliphatic heterocycles. The highest BCUT2D eigenvalue weighted by Gasteiger charge is 2.00. The largest absolute Gasteiger partial charge is 0.478 e. The monoisotopic (exact) mass is 186 g/mol. The SMILES string of the molecule is O=C(O)c1ccc(NNCl)cc1. The van der Waals surface area contributed by atoms with Crippen molar-refractivity contribution in [2.75, 3.05) is 5.43 Å². The predicted octanol–water partition coefficient (Wildman–Crippen LogP) is 1.46. The number of hydrazine groups is 1. The van der Waals surface area contributed by atoms with Gasteiger partial charge in [0.05, 0.1) is 11.3 Å². The van der Waals surface area contributed by atoms with Crippen molar-refractivity contribution in [1.82, 2.24) is 4.94 Å². The van der Waals surface area contributed by atoms with Gasteiger partial charge in [0.15, 0.2) is 0 Å². The maximum absolute atomic E-state index is 10.4. The highest BCUT2D eigenvalue weighted by Crippen LogP contribution is 2.08. The fourth-order valence-corrected chi connectivity index (χ4v) is 0.860. The minimum atomic E-state index is -0.944. The molecule has 1 rings (SSSR count).